The average Bonchev–Trinajstić information content (AvgIpc) is 3.01. The number of benzene rings is 1. The first kappa shape index (κ1) is 13.7. The van der Waals surface area contributed by atoms with E-state index in [2.05, 4.69) is 48.4 Å². The Labute approximate surface area is 127 Å². The summed E-state index contributed by atoms with van der Waals surface area (Å²) in [6.07, 6.45) is 1.97. The van der Waals surface area contributed by atoms with Crippen molar-refractivity contribution in [2.75, 3.05) is 0 Å². The Balaban J connectivity index is 1.78. The van der Waals surface area contributed by atoms with Gasteiger partial charge in [0.25, 0.3) is 0 Å². The number of aryl methyl sites for hydroxylation is 2. The monoisotopic (exact) mass is 302 g/mol. The van der Waals surface area contributed by atoms with Gasteiger partial charge in [0.15, 0.2) is 0 Å². The Morgan fingerprint density at radius 1 is 1.20 bits per heavy atom. The van der Waals surface area contributed by atoms with Gasteiger partial charge in [0.05, 0.1) is 5.01 Å². The number of thiophene rings is 1. The van der Waals surface area contributed by atoms with Crippen molar-refractivity contribution in [3.8, 4) is 0 Å². The standard InChI is InChI=1S/C16H18N2S2/c1-10-14-6-4-5-7-15(14)20-16(10)11(2)17-8-13-9-18-12(3)19-13/h4-7,9,11,17H,8H2,1-3H3. The van der Waals surface area contributed by atoms with Crippen LogP contribution in [0.5, 0.6) is 0 Å². The molecule has 20 heavy (non-hydrogen) atoms. The molecule has 1 atom stereocenters. The van der Waals surface area contributed by atoms with Gasteiger partial charge in [-0.05, 0) is 37.8 Å². The predicted octanol–water partition coefficient (Wildman–Crippen LogP) is 4.83. The van der Waals surface area contributed by atoms with Gasteiger partial charge < -0.3 is 5.32 Å². The van der Waals surface area contributed by atoms with Crippen molar-refractivity contribution >= 4 is 32.8 Å². The molecule has 2 nitrogen and oxygen atoms in total. The van der Waals surface area contributed by atoms with Crippen molar-refractivity contribution in [1.29, 1.82) is 0 Å². The van der Waals surface area contributed by atoms with Crippen molar-refractivity contribution < 1.29 is 0 Å². The number of thiazole rings is 1. The van der Waals surface area contributed by atoms with E-state index in [-0.39, 0.29) is 0 Å². The third kappa shape index (κ3) is 2.64. The van der Waals surface area contributed by atoms with Crippen LogP contribution in [-0.4, -0.2) is 4.98 Å². The fourth-order valence-electron chi connectivity index (χ4n) is 2.44. The minimum absolute atomic E-state index is 0.370. The average molecular weight is 302 g/mol. The lowest BCUT2D eigenvalue weighted by atomic mass is 10.1. The number of fused-ring (bicyclic) bond motifs is 1. The second-order valence-corrected chi connectivity index (χ2v) is 7.44. The summed E-state index contributed by atoms with van der Waals surface area (Å²) in [5, 5.41) is 6.13. The topological polar surface area (TPSA) is 24.9 Å². The van der Waals surface area contributed by atoms with E-state index in [1.807, 2.05) is 24.5 Å². The third-order valence-electron chi connectivity index (χ3n) is 3.53. The van der Waals surface area contributed by atoms with E-state index in [1.165, 1.54) is 25.4 Å². The quantitative estimate of drug-likeness (QED) is 0.747. The molecule has 0 amide bonds. The lowest BCUT2D eigenvalue weighted by Gasteiger charge is -2.12. The molecule has 0 saturated heterocycles. The van der Waals surface area contributed by atoms with Gasteiger partial charge in [-0.2, -0.15) is 0 Å². The summed E-state index contributed by atoms with van der Waals surface area (Å²) in [4.78, 5) is 7.04. The van der Waals surface area contributed by atoms with E-state index in [0.717, 1.165) is 11.6 Å². The number of rotatable bonds is 4. The molecule has 1 unspecified atom stereocenters. The highest BCUT2D eigenvalue weighted by atomic mass is 32.1. The first-order chi connectivity index (χ1) is 9.65. The van der Waals surface area contributed by atoms with Gasteiger partial charge in [-0.3, -0.25) is 0 Å². The van der Waals surface area contributed by atoms with Crippen LogP contribution in [0.15, 0.2) is 30.5 Å². The largest absolute Gasteiger partial charge is 0.304 e. The molecular formula is C16H18N2S2. The first-order valence-corrected chi connectivity index (χ1v) is 8.41. The molecule has 3 aromatic rings. The van der Waals surface area contributed by atoms with Gasteiger partial charge in [0.1, 0.15) is 0 Å². The maximum Gasteiger partial charge on any atom is 0.0897 e. The van der Waals surface area contributed by atoms with E-state index in [1.54, 1.807) is 11.3 Å². The minimum Gasteiger partial charge on any atom is -0.304 e. The molecule has 104 valence electrons. The van der Waals surface area contributed by atoms with Gasteiger partial charge in [-0.25, -0.2) is 4.98 Å². The summed E-state index contributed by atoms with van der Waals surface area (Å²) >= 11 is 3.66. The number of aromatic nitrogens is 1. The van der Waals surface area contributed by atoms with Crippen LogP contribution in [0.25, 0.3) is 10.1 Å². The maximum absolute atomic E-state index is 4.30. The number of hydrogen-bond acceptors (Lipinski definition) is 4. The molecule has 2 aromatic heterocycles. The third-order valence-corrected chi connectivity index (χ3v) is 5.89. The van der Waals surface area contributed by atoms with Gasteiger partial charge in [-0.1, -0.05) is 18.2 Å². The van der Waals surface area contributed by atoms with Crippen LogP contribution in [0.3, 0.4) is 0 Å². The van der Waals surface area contributed by atoms with Crippen molar-refractivity contribution in [2.45, 2.75) is 33.4 Å². The van der Waals surface area contributed by atoms with Gasteiger partial charge in [0.2, 0.25) is 0 Å². The molecule has 0 aliphatic rings. The summed E-state index contributed by atoms with van der Waals surface area (Å²) in [7, 11) is 0. The molecule has 1 aromatic carbocycles. The lowest BCUT2D eigenvalue weighted by Crippen LogP contribution is -2.17. The van der Waals surface area contributed by atoms with E-state index in [9.17, 15) is 0 Å². The van der Waals surface area contributed by atoms with Gasteiger partial charge in [0, 0.05) is 33.2 Å². The van der Waals surface area contributed by atoms with Crippen LogP contribution in [0.4, 0.5) is 0 Å². The normalized spacial score (nSPS) is 12.9. The van der Waals surface area contributed by atoms with Gasteiger partial charge in [-0.15, -0.1) is 22.7 Å². The van der Waals surface area contributed by atoms with Crippen LogP contribution in [0.1, 0.15) is 33.3 Å². The SMILES string of the molecule is Cc1ncc(CNC(C)c2sc3ccccc3c2C)s1. The van der Waals surface area contributed by atoms with Crippen LogP contribution in [0, 0.1) is 13.8 Å². The molecule has 0 spiro atoms. The Morgan fingerprint density at radius 3 is 2.70 bits per heavy atom. The van der Waals surface area contributed by atoms with Crippen molar-refractivity contribution in [2.24, 2.45) is 0 Å². The molecular weight excluding hydrogens is 284 g/mol. The predicted molar refractivity (Wildman–Crippen MR) is 88.7 cm³/mol. The van der Waals surface area contributed by atoms with Crippen molar-refractivity contribution in [1.82, 2.24) is 10.3 Å². The molecule has 0 aliphatic carbocycles. The highest BCUT2D eigenvalue weighted by Crippen LogP contribution is 2.34. The molecule has 0 fully saturated rings. The zero-order chi connectivity index (χ0) is 14.1. The van der Waals surface area contributed by atoms with E-state index < -0.39 is 0 Å². The Hall–Kier alpha value is -1.23. The summed E-state index contributed by atoms with van der Waals surface area (Å²) in [6, 6.07) is 9.01. The fourth-order valence-corrected chi connectivity index (χ4v) is 4.42. The highest BCUT2D eigenvalue weighted by molar-refractivity contribution is 7.19. The molecule has 0 aliphatic heterocycles. The second kappa shape index (κ2) is 5.64. The molecule has 2 heterocycles. The summed E-state index contributed by atoms with van der Waals surface area (Å²) in [5.41, 5.74) is 1.41. The minimum atomic E-state index is 0.370. The van der Waals surface area contributed by atoms with Crippen molar-refractivity contribution in [3.63, 3.8) is 0 Å². The zero-order valence-corrected chi connectivity index (χ0v) is 13.6. The zero-order valence-electron chi connectivity index (χ0n) is 11.9. The van der Waals surface area contributed by atoms with Gasteiger partial charge >= 0.3 is 0 Å². The molecule has 1 N–H and O–H groups in total. The van der Waals surface area contributed by atoms with E-state index in [4.69, 9.17) is 0 Å². The summed E-state index contributed by atoms with van der Waals surface area (Å²) < 4.78 is 1.38. The van der Waals surface area contributed by atoms with Crippen LogP contribution in [-0.2, 0) is 6.54 Å². The lowest BCUT2D eigenvalue weighted by molar-refractivity contribution is 0.585. The molecule has 3 rings (SSSR count). The Morgan fingerprint density at radius 2 is 2.00 bits per heavy atom. The second-order valence-electron chi connectivity index (χ2n) is 5.04. The molecule has 0 radical (unpaired) electrons. The summed E-state index contributed by atoms with van der Waals surface area (Å²) in [6.45, 7) is 7.41. The fraction of sp³-hybridized carbons (Fsp3) is 0.312. The molecule has 0 saturated carbocycles. The number of nitrogens with zero attached hydrogens (tertiary/aromatic N) is 1. The van der Waals surface area contributed by atoms with E-state index in [0.29, 0.717) is 6.04 Å². The van der Waals surface area contributed by atoms with Crippen LogP contribution >= 0.6 is 22.7 Å². The highest BCUT2D eigenvalue weighted by Gasteiger charge is 2.14. The Kier molecular flexibility index (Phi) is 3.87. The number of hydrogen-bond donors (Lipinski definition) is 1. The number of nitrogens with one attached hydrogen (secondary N) is 1. The molecule has 4 heteroatoms. The smallest absolute Gasteiger partial charge is 0.0897 e. The van der Waals surface area contributed by atoms with Crippen LogP contribution in [0.2, 0.25) is 0 Å². The first-order valence-electron chi connectivity index (χ1n) is 6.78. The molecule has 0 bridgehead atoms. The van der Waals surface area contributed by atoms with Crippen LogP contribution < -0.4 is 5.32 Å². The van der Waals surface area contributed by atoms with E-state index >= 15 is 0 Å². The van der Waals surface area contributed by atoms with Crippen molar-refractivity contribution in [3.05, 3.63) is 50.8 Å². The maximum atomic E-state index is 4.30. The summed E-state index contributed by atoms with van der Waals surface area (Å²) in [5.74, 6) is 0. The Bertz CT molecular complexity index is 727.